The molecule has 0 aliphatic rings. The van der Waals surface area contributed by atoms with Gasteiger partial charge < -0.3 is 5.32 Å². The Balaban J connectivity index is 1.99. The number of hydrogen-bond donors (Lipinski definition) is 1. The van der Waals surface area contributed by atoms with E-state index in [0.29, 0.717) is 13.0 Å². The molecule has 0 aliphatic carbocycles. The van der Waals surface area contributed by atoms with Gasteiger partial charge in [-0.3, -0.25) is 4.79 Å². The lowest BCUT2D eigenvalue weighted by Crippen LogP contribution is -2.22. The molecule has 3 nitrogen and oxygen atoms in total. The van der Waals surface area contributed by atoms with Gasteiger partial charge >= 0.3 is 0 Å². The standard InChI is InChI=1S/C15H18N2OS/c1-3-4-14(18)16-9-13-10-19-15(17-13)12-7-5-11(2)6-8-12/h5-8,10H,3-4,9H2,1-2H3,(H,16,18). The topological polar surface area (TPSA) is 42.0 Å². The monoisotopic (exact) mass is 274 g/mol. The van der Waals surface area contributed by atoms with Crippen molar-refractivity contribution < 1.29 is 4.79 Å². The Morgan fingerprint density at radius 1 is 1.32 bits per heavy atom. The maximum absolute atomic E-state index is 11.4. The third-order valence-electron chi connectivity index (χ3n) is 2.79. The Bertz CT molecular complexity index is 546. The Morgan fingerprint density at radius 3 is 2.74 bits per heavy atom. The molecule has 0 aliphatic heterocycles. The number of hydrogen-bond acceptors (Lipinski definition) is 3. The van der Waals surface area contributed by atoms with Crippen molar-refractivity contribution in [2.45, 2.75) is 33.2 Å². The van der Waals surface area contributed by atoms with Crippen molar-refractivity contribution in [3.63, 3.8) is 0 Å². The minimum Gasteiger partial charge on any atom is -0.350 e. The van der Waals surface area contributed by atoms with Gasteiger partial charge in [-0.2, -0.15) is 0 Å². The van der Waals surface area contributed by atoms with Gasteiger partial charge in [0.1, 0.15) is 5.01 Å². The molecule has 0 atom stereocenters. The van der Waals surface area contributed by atoms with E-state index in [0.717, 1.165) is 22.7 Å². The van der Waals surface area contributed by atoms with Crippen LogP contribution < -0.4 is 5.32 Å². The highest BCUT2D eigenvalue weighted by Gasteiger charge is 2.06. The highest BCUT2D eigenvalue weighted by Crippen LogP contribution is 2.23. The van der Waals surface area contributed by atoms with Crippen LogP contribution in [0.5, 0.6) is 0 Å². The van der Waals surface area contributed by atoms with Crippen LogP contribution in [0.1, 0.15) is 31.0 Å². The first kappa shape index (κ1) is 13.7. The Kier molecular flexibility index (Phi) is 4.68. The quantitative estimate of drug-likeness (QED) is 0.906. The van der Waals surface area contributed by atoms with Crippen LogP contribution in [-0.2, 0) is 11.3 Å². The molecule has 0 bridgehead atoms. The number of carbonyl (C=O) groups excluding carboxylic acids is 1. The van der Waals surface area contributed by atoms with Gasteiger partial charge in [0.15, 0.2) is 0 Å². The van der Waals surface area contributed by atoms with Crippen molar-refractivity contribution >= 4 is 17.2 Å². The van der Waals surface area contributed by atoms with E-state index < -0.39 is 0 Å². The summed E-state index contributed by atoms with van der Waals surface area (Å²) in [6.45, 7) is 4.58. The van der Waals surface area contributed by atoms with Crippen molar-refractivity contribution in [3.8, 4) is 10.6 Å². The van der Waals surface area contributed by atoms with Gasteiger partial charge in [-0.1, -0.05) is 36.8 Å². The summed E-state index contributed by atoms with van der Waals surface area (Å²) in [7, 11) is 0. The van der Waals surface area contributed by atoms with Crippen molar-refractivity contribution in [3.05, 3.63) is 40.9 Å². The lowest BCUT2D eigenvalue weighted by atomic mass is 10.2. The maximum atomic E-state index is 11.4. The molecule has 0 saturated carbocycles. The second kappa shape index (κ2) is 6.48. The largest absolute Gasteiger partial charge is 0.350 e. The van der Waals surface area contributed by atoms with Gasteiger partial charge in [0.05, 0.1) is 12.2 Å². The number of carbonyl (C=O) groups is 1. The molecule has 1 aromatic carbocycles. The van der Waals surface area contributed by atoms with Gasteiger partial charge in [0.2, 0.25) is 5.91 Å². The first-order valence-electron chi connectivity index (χ1n) is 6.47. The summed E-state index contributed by atoms with van der Waals surface area (Å²) < 4.78 is 0. The molecular weight excluding hydrogens is 256 g/mol. The minimum absolute atomic E-state index is 0.0902. The van der Waals surface area contributed by atoms with Crippen molar-refractivity contribution in [1.29, 1.82) is 0 Å². The zero-order chi connectivity index (χ0) is 13.7. The first-order valence-corrected chi connectivity index (χ1v) is 7.35. The van der Waals surface area contributed by atoms with Crippen molar-refractivity contribution in [1.82, 2.24) is 10.3 Å². The molecule has 1 aromatic heterocycles. The molecule has 100 valence electrons. The highest BCUT2D eigenvalue weighted by atomic mass is 32.1. The predicted molar refractivity (Wildman–Crippen MR) is 79.0 cm³/mol. The van der Waals surface area contributed by atoms with E-state index in [1.807, 2.05) is 12.3 Å². The van der Waals surface area contributed by atoms with Crippen LogP contribution in [0.3, 0.4) is 0 Å². The number of thiazole rings is 1. The SMILES string of the molecule is CCCC(=O)NCc1csc(-c2ccc(C)cc2)n1. The number of amides is 1. The lowest BCUT2D eigenvalue weighted by Gasteiger charge is -2.01. The smallest absolute Gasteiger partial charge is 0.220 e. The number of nitrogens with one attached hydrogen (secondary N) is 1. The normalized spacial score (nSPS) is 10.4. The first-order chi connectivity index (χ1) is 9.19. The second-order valence-corrected chi connectivity index (χ2v) is 5.39. The van der Waals surface area contributed by atoms with E-state index in [9.17, 15) is 4.79 Å². The molecule has 2 aromatic rings. The maximum Gasteiger partial charge on any atom is 0.220 e. The van der Waals surface area contributed by atoms with Crippen molar-refractivity contribution in [2.75, 3.05) is 0 Å². The van der Waals surface area contributed by atoms with Crippen LogP contribution in [0.2, 0.25) is 0 Å². The fourth-order valence-corrected chi connectivity index (χ4v) is 2.55. The summed E-state index contributed by atoms with van der Waals surface area (Å²) in [5.41, 5.74) is 3.29. The molecule has 2 rings (SSSR count). The van der Waals surface area contributed by atoms with E-state index >= 15 is 0 Å². The van der Waals surface area contributed by atoms with Gasteiger partial charge in [-0.15, -0.1) is 11.3 Å². The molecule has 0 fully saturated rings. The highest BCUT2D eigenvalue weighted by molar-refractivity contribution is 7.13. The molecule has 0 spiro atoms. The third-order valence-corrected chi connectivity index (χ3v) is 3.73. The Morgan fingerprint density at radius 2 is 2.05 bits per heavy atom. The van der Waals surface area contributed by atoms with Crippen LogP contribution in [0.4, 0.5) is 0 Å². The number of rotatable bonds is 5. The summed E-state index contributed by atoms with van der Waals surface area (Å²) in [4.78, 5) is 15.9. The predicted octanol–water partition coefficient (Wildman–Crippen LogP) is 3.53. The molecule has 19 heavy (non-hydrogen) atoms. The van der Waals surface area contributed by atoms with Crippen LogP contribution in [0.15, 0.2) is 29.6 Å². The number of nitrogens with zero attached hydrogens (tertiary/aromatic N) is 1. The van der Waals surface area contributed by atoms with Crippen molar-refractivity contribution in [2.24, 2.45) is 0 Å². The van der Waals surface area contributed by atoms with Crippen LogP contribution in [0, 0.1) is 6.92 Å². The van der Waals surface area contributed by atoms with E-state index in [-0.39, 0.29) is 5.91 Å². The number of benzene rings is 1. The Hall–Kier alpha value is -1.68. The summed E-state index contributed by atoms with van der Waals surface area (Å²) >= 11 is 1.61. The molecule has 0 radical (unpaired) electrons. The van der Waals surface area contributed by atoms with E-state index in [2.05, 4.69) is 41.5 Å². The van der Waals surface area contributed by atoms with Gasteiger partial charge in [0, 0.05) is 17.4 Å². The van der Waals surface area contributed by atoms with Gasteiger partial charge in [0.25, 0.3) is 0 Å². The summed E-state index contributed by atoms with van der Waals surface area (Å²) in [6, 6.07) is 8.32. The van der Waals surface area contributed by atoms with Gasteiger partial charge in [-0.25, -0.2) is 4.98 Å². The van der Waals surface area contributed by atoms with E-state index in [1.165, 1.54) is 5.56 Å². The number of aromatic nitrogens is 1. The average molecular weight is 274 g/mol. The number of aryl methyl sites for hydroxylation is 1. The molecular formula is C15H18N2OS. The molecule has 0 saturated heterocycles. The fraction of sp³-hybridized carbons (Fsp3) is 0.333. The fourth-order valence-electron chi connectivity index (χ4n) is 1.72. The van der Waals surface area contributed by atoms with Crippen LogP contribution in [0.25, 0.3) is 10.6 Å². The summed E-state index contributed by atoms with van der Waals surface area (Å²) in [5.74, 6) is 0.0902. The van der Waals surface area contributed by atoms with E-state index in [1.54, 1.807) is 11.3 Å². The average Bonchev–Trinajstić information content (AvgIpc) is 2.86. The minimum atomic E-state index is 0.0902. The Labute approximate surface area is 117 Å². The van der Waals surface area contributed by atoms with E-state index in [4.69, 9.17) is 0 Å². The molecule has 1 N–H and O–H groups in total. The summed E-state index contributed by atoms with van der Waals surface area (Å²) in [6.07, 6.45) is 1.45. The molecule has 4 heteroatoms. The van der Waals surface area contributed by atoms with Crippen LogP contribution in [-0.4, -0.2) is 10.9 Å². The zero-order valence-corrected chi connectivity index (χ0v) is 12.1. The molecule has 1 heterocycles. The molecule has 0 unspecified atom stereocenters. The summed E-state index contributed by atoms with van der Waals surface area (Å²) in [5, 5.41) is 5.88. The molecule has 1 amide bonds. The van der Waals surface area contributed by atoms with Crippen LogP contribution >= 0.6 is 11.3 Å². The lowest BCUT2D eigenvalue weighted by molar-refractivity contribution is -0.121. The third kappa shape index (κ3) is 3.89. The second-order valence-electron chi connectivity index (χ2n) is 4.54. The van der Waals surface area contributed by atoms with Gasteiger partial charge in [-0.05, 0) is 13.3 Å². The zero-order valence-electron chi connectivity index (χ0n) is 11.3.